The molecule has 0 saturated carbocycles. The van der Waals surface area contributed by atoms with Crippen molar-refractivity contribution < 1.29 is 13.9 Å². The molecule has 8 nitrogen and oxygen atoms in total. The third-order valence-electron chi connectivity index (χ3n) is 2.66. The number of oxazole rings is 1. The van der Waals surface area contributed by atoms with E-state index in [0.29, 0.717) is 35.6 Å². The molecule has 0 aliphatic heterocycles. The summed E-state index contributed by atoms with van der Waals surface area (Å²) in [6.07, 6.45) is 0. The number of anilines is 2. The topological polar surface area (TPSA) is 122 Å². The summed E-state index contributed by atoms with van der Waals surface area (Å²) in [5, 5.41) is 5.57. The number of hydrogen-bond donors (Lipinski definition) is 4. The van der Waals surface area contributed by atoms with Crippen molar-refractivity contribution in [1.29, 1.82) is 0 Å². The maximum Gasteiger partial charge on any atom is 0.417 e. The number of hydrogen-bond acceptors (Lipinski definition) is 6. The largest absolute Gasteiger partial charge is 0.417 e. The number of ether oxygens (including phenoxy) is 1. The van der Waals surface area contributed by atoms with Crippen molar-refractivity contribution in [1.82, 2.24) is 10.3 Å². The van der Waals surface area contributed by atoms with Crippen molar-refractivity contribution in [2.75, 3.05) is 37.9 Å². The molecule has 0 aliphatic rings. The van der Waals surface area contributed by atoms with Crippen LogP contribution < -0.4 is 22.1 Å². The Morgan fingerprint density at radius 1 is 1.50 bits per heavy atom. The average molecular weight is 280 g/mol. The lowest BCUT2D eigenvalue weighted by Crippen LogP contribution is -2.32. The van der Waals surface area contributed by atoms with Crippen LogP contribution in [0.15, 0.2) is 21.3 Å². The van der Waals surface area contributed by atoms with Crippen LogP contribution in [-0.2, 0) is 9.53 Å². The maximum atomic E-state index is 11.5. The molecule has 8 heteroatoms. The molecular weight excluding hydrogens is 264 g/mol. The summed E-state index contributed by atoms with van der Waals surface area (Å²) in [5.41, 5.74) is 7.66. The first-order valence-electron chi connectivity index (χ1n) is 6.02. The molecule has 2 rings (SSSR count). The van der Waals surface area contributed by atoms with E-state index < -0.39 is 5.76 Å². The molecule has 1 heterocycles. The molecule has 0 fully saturated rings. The number of amides is 1. The average Bonchev–Trinajstić information content (AvgIpc) is 2.75. The normalized spacial score (nSPS) is 10.7. The van der Waals surface area contributed by atoms with Gasteiger partial charge in [0.1, 0.15) is 0 Å². The van der Waals surface area contributed by atoms with Crippen LogP contribution in [0.25, 0.3) is 11.1 Å². The van der Waals surface area contributed by atoms with Crippen LogP contribution in [0, 0.1) is 0 Å². The third kappa shape index (κ3) is 3.29. The predicted octanol–water partition coefficient (Wildman–Crippen LogP) is -0.122. The van der Waals surface area contributed by atoms with E-state index in [1.807, 2.05) is 0 Å². The molecule has 0 radical (unpaired) electrons. The minimum absolute atomic E-state index is 0.0709. The molecule has 1 aromatic carbocycles. The number of methoxy groups -OCH3 is 1. The van der Waals surface area contributed by atoms with Crippen molar-refractivity contribution in [2.45, 2.75) is 0 Å². The second-order valence-corrected chi connectivity index (χ2v) is 4.15. The number of rotatable bonds is 6. The smallest absolute Gasteiger partial charge is 0.408 e. The standard InChI is InChI=1S/C12H16N4O4/c1-19-3-2-14-11(17)6-15-8-5-9-10(4-7(8)13)20-12(18)16-9/h4-5,15H,2-3,6,13H2,1H3,(H,14,17)(H,16,18). The van der Waals surface area contributed by atoms with E-state index in [0.717, 1.165) is 0 Å². The predicted molar refractivity (Wildman–Crippen MR) is 74.6 cm³/mol. The van der Waals surface area contributed by atoms with Gasteiger partial charge in [0.05, 0.1) is 30.0 Å². The minimum Gasteiger partial charge on any atom is -0.408 e. The highest BCUT2D eigenvalue weighted by Gasteiger charge is 2.08. The molecule has 20 heavy (non-hydrogen) atoms. The zero-order valence-corrected chi connectivity index (χ0v) is 11.0. The first kappa shape index (κ1) is 13.9. The molecule has 0 spiro atoms. The molecule has 0 unspecified atom stereocenters. The monoisotopic (exact) mass is 280 g/mol. The summed E-state index contributed by atoms with van der Waals surface area (Å²) >= 11 is 0. The van der Waals surface area contributed by atoms with Gasteiger partial charge in [-0.2, -0.15) is 0 Å². The van der Waals surface area contributed by atoms with Crippen LogP contribution in [0.5, 0.6) is 0 Å². The molecule has 1 aromatic heterocycles. The number of nitrogen functional groups attached to an aromatic ring is 1. The Balaban J connectivity index is 2.00. The number of benzene rings is 1. The quantitative estimate of drug-likeness (QED) is 0.432. The van der Waals surface area contributed by atoms with Crippen LogP contribution in [0.4, 0.5) is 11.4 Å². The molecule has 108 valence electrons. The Kier molecular flexibility index (Phi) is 4.26. The van der Waals surface area contributed by atoms with Crippen LogP contribution in [0.2, 0.25) is 0 Å². The van der Waals surface area contributed by atoms with E-state index in [1.165, 1.54) is 6.07 Å². The number of aromatic amines is 1. The highest BCUT2D eigenvalue weighted by Crippen LogP contribution is 2.23. The third-order valence-corrected chi connectivity index (χ3v) is 2.66. The summed E-state index contributed by atoms with van der Waals surface area (Å²) < 4.78 is 9.71. The maximum absolute atomic E-state index is 11.5. The first-order valence-corrected chi connectivity index (χ1v) is 6.02. The van der Waals surface area contributed by atoms with E-state index in [2.05, 4.69) is 15.6 Å². The van der Waals surface area contributed by atoms with E-state index in [-0.39, 0.29) is 12.5 Å². The summed E-state index contributed by atoms with van der Waals surface area (Å²) in [4.78, 5) is 25.1. The summed E-state index contributed by atoms with van der Waals surface area (Å²) in [7, 11) is 1.56. The molecule has 5 N–H and O–H groups in total. The van der Waals surface area contributed by atoms with Gasteiger partial charge in [-0.3, -0.25) is 9.78 Å². The van der Waals surface area contributed by atoms with Gasteiger partial charge in [0.2, 0.25) is 5.91 Å². The summed E-state index contributed by atoms with van der Waals surface area (Å²) in [6.45, 7) is 0.970. The minimum atomic E-state index is -0.547. The fourth-order valence-electron chi connectivity index (χ4n) is 1.70. The summed E-state index contributed by atoms with van der Waals surface area (Å²) in [6, 6.07) is 3.15. The van der Waals surface area contributed by atoms with E-state index >= 15 is 0 Å². The molecule has 0 bridgehead atoms. The molecule has 0 saturated heterocycles. The van der Waals surface area contributed by atoms with Gasteiger partial charge in [-0.25, -0.2) is 4.79 Å². The zero-order chi connectivity index (χ0) is 14.5. The molecule has 0 aliphatic carbocycles. The van der Waals surface area contributed by atoms with Crippen LogP contribution >= 0.6 is 0 Å². The van der Waals surface area contributed by atoms with Gasteiger partial charge in [0, 0.05) is 19.7 Å². The van der Waals surface area contributed by atoms with Gasteiger partial charge in [-0.15, -0.1) is 0 Å². The van der Waals surface area contributed by atoms with E-state index in [1.54, 1.807) is 13.2 Å². The van der Waals surface area contributed by atoms with Crippen LogP contribution in [0.1, 0.15) is 0 Å². The fraction of sp³-hybridized carbons (Fsp3) is 0.333. The van der Waals surface area contributed by atoms with Crippen molar-refractivity contribution in [2.24, 2.45) is 0 Å². The lowest BCUT2D eigenvalue weighted by molar-refractivity contribution is -0.119. The van der Waals surface area contributed by atoms with Crippen molar-refractivity contribution in [3.63, 3.8) is 0 Å². The Morgan fingerprint density at radius 2 is 2.30 bits per heavy atom. The van der Waals surface area contributed by atoms with Crippen molar-refractivity contribution in [3.05, 3.63) is 22.7 Å². The Bertz CT molecular complexity index is 661. The molecule has 2 aromatic rings. The van der Waals surface area contributed by atoms with Gasteiger partial charge in [0.25, 0.3) is 0 Å². The Hall–Kier alpha value is -2.48. The van der Waals surface area contributed by atoms with Crippen LogP contribution in [0.3, 0.4) is 0 Å². The highest BCUT2D eigenvalue weighted by atomic mass is 16.5. The second-order valence-electron chi connectivity index (χ2n) is 4.15. The van der Waals surface area contributed by atoms with Crippen LogP contribution in [-0.4, -0.2) is 37.7 Å². The number of nitrogens with two attached hydrogens (primary N) is 1. The SMILES string of the molecule is COCCNC(=O)CNc1cc2[nH]c(=O)oc2cc1N. The Labute approximate surface area is 114 Å². The first-order chi connectivity index (χ1) is 9.60. The zero-order valence-electron chi connectivity index (χ0n) is 11.0. The molecular formula is C12H16N4O4. The number of nitrogens with one attached hydrogen (secondary N) is 3. The number of carbonyl (C=O) groups excluding carboxylic acids is 1. The van der Waals surface area contributed by atoms with Gasteiger partial charge >= 0.3 is 5.76 Å². The lowest BCUT2D eigenvalue weighted by atomic mass is 10.2. The highest BCUT2D eigenvalue weighted by molar-refractivity contribution is 5.87. The number of fused-ring (bicyclic) bond motifs is 1. The molecule has 1 amide bonds. The van der Waals surface area contributed by atoms with Gasteiger partial charge < -0.3 is 25.5 Å². The number of carbonyl (C=O) groups is 1. The van der Waals surface area contributed by atoms with E-state index in [9.17, 15) is 9.59 Å². The molecule has 0 atom stereocenters. The second kappa shape index (κ2) is 6.11. The van der Waals surface area contributed by atoms with Crippen molar-refractivity contribution in [3.8, 4) is 0 Å². The lowest BCUT2D eigenvalue weighted by Gasteiger charge is -2.09. The number of aromatic nitrogens is 1. The van der Waals surface area contributed by atoms with E-state index in [4.69, 9.17) is 14.9 Å². The van der Waals surface area contributed by atoms with Gasteiger partial charge in [0.15, 0.2) is 5.58 Å². The van der Waals surface area contributed by atoms with Gasteiger partial charge in [-0.1, -0.05) is 0 Å². The Morgan fingerprint density at radius 3 is 3.05 bits per heavy atom. The summed E-state index contributed by atoms with van der Waals surface area (Å²) in [5.74, 6) is -0.726. The fourth-order valence-corrected chi connectivity index (χ4v) is 1.70. The van der Waals surface area contributed by atoms with Gasteiger partial charge in [-0.05, 0) is 6.07 Å². The van der Waals surface area contributed by atoms with Crippen molar-refractivity contribution >= 4 is 28.4 Å². The number of H-pyrrole nitrogens is 1.